The molecule has 18 heavy (non-hydrogen) atoms. The molecule has 1 N–H and O–H groups in total. The van der Waals surface area contributed by atoms with Crippen molar-refractivity contribution in [2.45, 2.75) is 13.3 Å². The van der Waals surface area contributed by atoms with Crippen LogP contribution in [0.3, 0.4) is 0 Å². The van der Waals surface area contributed by atoms with Crippen LogP contribution in [0.2, 0.25) is 0 Å². The number of nitrogens with one attached hydrogen (secondary N) is 1. The number of rotatable bonds is 3. The van der Waals surface area contributed by atoms with Crippen LogP contribution in [0.15, 0.2) is 29.1 Å². The number of H-pyrrole nitrogens is 1. The van der Waals surface area contributed by atoms with Crippen molar-refractivity contribution in [3.8, 4) is 11.6 Å². The van der Waals surface area contributed by atoms with Crippen molar-refractivity contribution < 1.29 is 13.5 Å². The molecule has 0 amide bonds. The third-order valence-electron chi connectivity index (χ3n) is 2.21. The summed E-state index contributed by atoms with van der Waals surface area (Å²) in [6.45, 7) is 1.81. The second kappa shape index (κ2) is 4.95. The van der Waals surface area contributed by atoms with Gasteiger partial charge in [0.25, 0.3) is 5.56 Å². The van der Waals surface area contributed by atoms with Crippen LogP contribution < -0.4 is 10.3 Å². The maximum absolute atomic E-state index is 13.3. The normalized spacial score (nSPS) is 10.4. The summed E-state index contributed by atoms with van der Waals surface area (Å²) in [5.74, 6) is -1.33. The summed E-state index contributed by atoms with van der Waals surface area (Å²) in [5.41, 5.74) is -0.389. The number of aryl methyl sites for hydroxylation is 1. The fourth-order valence-corrected chi connectivity index (χ4v) is 1.37. The van der Waals surface area contributed by atoms with E-state index in [4.69, 9.17) is 4.74 Å². The summed E-state index contributed by atoms with van der Waals surface area (Å²) >= 11 is 0. The molecule has 0 unspecified atom stereocenters. The molecule has 4 nitrogen and oxygen atoms in total. The molecular weight excluding hydrogens is 242 g/mol. The molecule has 2 rings (SSSR count). The number of halogens is 2. The lowest BCUT2D eigenvalue weighted by molar-refractivity contribution is 0.420. The van der Waals surface area contributed by atoms with Gasteiger partial charge in [-0.25, -0.2) is 8.78 Å². The van der Waals surface area contributed by atoms with Crippen molar-refractivity contribution in [2.75, 3.05) is 0 Å². The van der Waals surface area contributed by atoms with Crippen LogP contribution in [-0.4, -0.2) is 9.97 Å². The summed E-state index contributed by atoms with van der Waals surface area (Å²) in [5, 5.41) is 0. The average molecular weight is 252 g/mol. The minimum absolute atomic E-state index is 0.0268. The van der Waals surface area contributed by atoms with E-state index in [-0.39, 0.29) is 17.2 Å². The molecule has 0 aliphatic carbocycles. The Morgan fingerprint density at radius 2 is 2.11 bits per heavy atom. The molecule has 1 aromatic heterocycles. The number of hydrogen-bond donors (Lipinski definition) is 1. The van der Waals surface area contributed by atoms with E-state index in [2.05, 4.69) is 9.97 Å². The highest BCUT2D eigenvalue weighted by Crippen LogP contribution is 2.22. The Kier molecular flexibility index (Phi) is 3.36. The lowest BCUT2D eigenvalue weighted by atomic mass is 10.3. The van der Waals surface area contributed by atoms with Gasteiger partial charge in [0, 0.05) is 12.5 Å². The van der Waals surface area contributed by atoms with Crippen molar-refractivity contribution in [1.82, 2.24) is 9.97 Å². The van der Waals surface area contributed by atoms with E-state index in [1.54, 1.807) is 6.92 Å². The van der Waals surface area contributed by atoms with E-state index < -0.39 is 11.6 Å². The molecule has 6 heteroatoms. The lowest BCUT2D eigenvalue weighted by Gasteiger charge is -2.06. The second-order valence-corrected chi connectivity index (χ2v) is 3.56. The second-order valence-electron chi connectivity index (χ2n) is 3.56. The number of aromatic amines is 1. The third-order valence-corrected chi connectivity index (χ3v) is 2.21. The molecule has 1 aromatic carbocycles. The lowest BCUT2D eigenvalue weighted by Crippen LogP contribution is -2.10. The molecule has 0 aliphatic heterocycles. The van der Waals surface area contributed by atoms with Gasteiger partial charge < -0.3 is 9.72 Å². The maximum Gasteiger partial charge on any atom is 0.254 e. The first-order chi connectivity index (χ1) is 8.58. The topological polar surface area (TPSA) is 55.0 Å². The quantitative estimate of drug-likeness (QED) is 0.912. The number of hydrogen-bond acceptors (Lipinski definition) is 3. The van der Waals surface area contributed by atoms with E-state index in [0.29, 0.717) is 18.3 Å². The number of aromatic nitrogens is 2. The van der Waals surface area contributed by atoms with Gasteiger partial charge in [-0.05, 0) is 12.1 Å². The third kappa shape index (κ3) is 2.71. The van der Waals surface area contributed by atoms with Crippen molar-refractivity contribution in [3.63, 3.8) is 0 Å². The summed E-state index contributed by atoms with van der Waals surface area (Å²) in [6, 6.07) is 4.00. The molecular formula is C12H10F2N2O2. The SMILES string of the molecule is CCc1nc(Oc2ccc(F)cc2F)cc(=O)[nH]1. The first kappa shape index (κ1) is 12.2. The van der Waals surface area contributed by atoms with Crippen LogP contribution in [0.4, 0.5) is 8.78 Å². The predicted molar refractivity (Wildman–Crippen MR) is 60.7 cm³/mol. The minimum Gasteiger partial charge on any atom is -0.436 e. The molecule has 0 saturated carbocycles. The largest absolute Gasteiger partial charge is 0.436 e. The van der Waals surface area contributed by atoms with Crippen LogP contribution in [0.1, 0.15) is 12.7 Å². The highest BCUT2D eigenvalue weighted by Gasteiger charge is 2.08. The van der Waals surface area contributed by atoms with Crippen LogP contribution in [0.25, 0.3) is 0 Å². The Morgan fingerprint density at radius 1 is 1.33 bits per heavy atom. The summed E-state index contributed by atoms with van der Waals surface area (Å²) in [4.78, 5) is 17.7. The zero-order valence-electron chi connectivity index (χ0n) is 9.54. The van der Waals surface area contributed by atoms with Gasteiger partial charge in [0.1, 0.15) is 11.6 Å². The van der Waals surface area contributed by atoms with Gasteiger partial charge in [-0.2, -0.15) is 4.98 Å². The van der Waals surface area contributed by atoms with Gasteiger partial charge in [0.15, 0.2) is 11.6 Å². The Morgan fingerprint density at radius 3 is 2.78 bits per heavy atom. The van der Waals surface area contributed by atoms with Crippen LogP contribution >= 0.6 is 0 Å². The molecule has 0 bridgehead atoms. The molecule has 0 radical (unpaired) electrons. The molecule has 0 spiro atoms. The number of nitrogens with zero attached hydrogens (tertiary/aromatic N) is 1. The van der Waals surface area contributed by atoms with Crippen molar-refractivity contribution in [1.29, 1.82) is 0 Å². The molecule has 0 fully saturated rings. The Balaban J connectivity index is 2.33. The van der Waals surface area contributed by atoms with Gasteiger partial charge in [-0.1, -0.05) is 6.92 Å². The fourth-order valence-electron chi connectivity index (χ4n) is 1.37. The van der Waals surface area contributed by atoms with Crippen molar-refractivity contribution in [2.24, 2.45) is 0 Å². The van der Waals surface area contributed by atoms with E-state index >= 15 is 0 Å². The summed E-state index contributed by atoms with van der Waals surface area (Å²) in [7, 11) is 0. The first-order valence-electron chi connectivity index (χ1n) is 5.31. The first-order valence-corrected chi connectivity index (χ1v) is 5.31. The highest BCUT2D eigenvalue weighted by molar-refractivity contribution is 5.28. The van der Waals surface area contributed by atoms with Gasteiger partial charge in [-0.15, -0.1) is 0 Å². The monoisotopic (exact) mass is 252 g/mol. The van der Waals surface area contributed by atoms with Crippen LogP contribution in [0, 0.1) is 11.6 Å². The Hall–Kier alpha value is -2.24. The fraction of sp³-hybridized carbons (Fsp3) is 0.167. The van der Waals surface area contributed by atoms with Crippen LogP contribution in [-0.2, 0) is 6.42 Å². The average Bonchev–Trinajstić information content (AvgIpc) is 2.32. The van der Waals surface area contributed by atoms with E-state index in [1.807, 2.05) is 0 Å². The van der Waals surface area contributed by atoms with E-state index in [9.17, 15) is 13.6 Å². The smallest absolute Gasteiger partial charge is 0.254 e. The summed E-state index contributed by atoms with van der Waals surface area (Å²) in [6.07, 6.45) is 0.512. The predicted octanol–water partition coefficient (Wildman–Crippen LogP) is 2.40. The molecule has 1 heterocycles. The Labute approximate surface area is 101 Å². The van der Waals surface area contributed by atoms with Gasteiger partial charge in [0.05, 0.1) is 6.07 Å². The molecule has 0 atom stereocenters. The van der Waals surface area contributed by atoms with Gasteiger partial charge >= 0.3 is 0 Å². The highest BCUT2D eigenvalue weighted by atomic mass is 19.1. The van der Waals surface area contributed by atoms with Crippen molar-refractivity contribution >= 4 is 0 Å². The minimum atomic E-state index is -0.852. The molecule has 0 aliphatic rings. The number of ether oxygens (including phenoxy) is 1. The standard InChI is InChI=1S/C12H10F2N2O2/c1-2-10-15-11(17)6-12(16-10)18-9-4-3-7(13)5-8(9)14/h3-6H,2H2,1H3,(H,15,16,17). The van der Waals surface area contributed by atoms with E-state index in [0.717, 1.165) is 18.2 Å². The van der Waals surface area contributed by atoms with E-state index in [1.165, 1.54) is 0 Å². The number of benzene rings is 1. The zero-order valence-corrected chi connectivity index (χ0v) is 9.54. The van der Waals surface area contributed by atoms with Crippen LogP contribution in [0.5, 0.6) is 11.6 Å². The maximum atomic E-state index is 13.3. The molecule has 2 aromatic rings. The zero-order chi connectivity index (χ0) is 13.1. The van der Waals surface area contributed by atoms with Gasteiger partial charge in [0.2, 0.25) is 5.88 Å². The van der Waals surface area contributed by atoms with Crippen molar-refractivity contribution in [3.05, 3.63) is 52.1 Å². The van der Waals surface area contributed by atoms with Gasteiger partial charge in [-0.3, -0.25) is 4.79 Å². The molecule has 0 saturated heterocycles. The molecule has 94 valence electrons. The Bertz CT molecular complexity index is 626. The summed E-state index contributed by atoms with van der Waals surface area (Å²) < 4.78 is 31.2.